The van der Waals surface area contributed by atoms with Crippen molar-refractivity contribution in [2.75, 3.05) is 18.1 Å². The summed E-state index contributed by atoms with van der Waals surface area (Å²) >= 11 is 3.54. The van der Waals surface area contributed by atoms with Gasteiger partial charge in [-0.05, 0) is 29.8 Å². The van der Waals surface area contributed by atoms with Gasteiger partial charge < -0.3 is 0 Å². The van der Waals surface area contributed by atoms with E-state index < -0.39 is 9.84 Å². The van der Waals surface area contributed by atoms with Crippen LogP contribution in [0.3, 0.4) is 0 Å². The molecule has 0 bridgehead atoms. The van der Waals surface area contributed by atoms with Gasteiger partial charge in [-0.3, -0.25) is 9.58 Å². The molecule has 0 aliphatic carbocycles. The van der Waals surface area contributed by atoms with E-state index in [1.54, 1.807) is 0 Å². The Bertz CT molecular complexity index is 553. The summed E-state index contributed by atoms with van der Waals surface area (Å²) in [5.74, 6) is 0.507. The van der Waals surface area contributed by atoms with Crippen LogP contribution in [-0.2, 0) is 23.4 Å². The van der Waals surface area contributed by atoms with E-state index in [2.05, 4.69) is 25.9 Å². The summed E-state index contributed by atoms with van der Waals surface area (Å²) in [5.41, 5.74) is 2.06. The van der Waals surface area contributed by atoms with Crippen molar-refractivity contribution in [1.82, 2.24) is 14.7 Å². The van der Waals surface area contributed by atoms with E-state index >= 15 is 0 Å². The summed E-state index contributed by atoms with van der Waals surface area (Å²) in [6.45, 7) is 5.25. The first-order valence-electron chi connectivity index (χ1n) is 5.92. The van der Waals surface area contributed by atoms with E-state index in [4.69, 9.17) is 0 Å². The van der Waals surface area contributed by atoms with Crippen LogP contribution in [-0.4, -0.2) is 47.2 Å². The maximum Gasteiger partial charge on any atom is 0.153 e. The summed E-state index contributed by atoms with van der Waals surface area (Å²) in [4.78, 5) is 2.20. The van der Waals surface area contributed by atoms with Crippen LogP contribution in [0.4, 0.5) is 0 Å². The zero-order valence-corrected chi connectivity index (χ0v) is 13.3. The summed E-state index contributed by atoms with van der Waals surface area (Å²) in [7, 11) is -0.933. The molecule has 7 heteroatoms. The number of aryl methyl sites for hydroxylation is 2. The molecule has 2 heterocycles. The molecule has 0 saturated carbocycles. The number of nitrogens with zero attached hydrogens (tertiary/aromatic N) is 3. The normalized spacial score (nSPS) is 24.3. The fraction of sp³-hybridized carbons (Fsp3) is 0.727. The van der Waals surface area contributed by atoms with Crippen LogP contribution in [0.25, 0.3) is 0 Å². The topological polar surface area (TPSA) is 55.2 Å². The molecule has 18 heavy (non-hydrogen) atoms. The lowest BCUT2D eigenvalue weighted by molar-refractivity contribution is 0.212. The number of halogens is 1. The van der Waals surface area contributed by atoms with E-state index in [1.165, 1.54) is 0 Å². The average Bonchev–Trinajstić information content (AvgIpc) is 2.47. The first-order chi connectivity index (χ1) is 8.30. The molecular formula is C11H18BrN3O2S. The van der Waals surface area contributed by atoms with Gasteiger partial charge >= 0.3 is 0 Å². The Morgan fingerprint density at radius 3 is 2.67 bits per heavy atom. The van der Waals surface area contributed by atoms with Crippen molar-refractivity contribution in [2.24, 2.45) is 7.05 Å². The average molecular weight is 336 g/mol. The largest absolute Gasteiger partial charge is 0.293 e. The molecule has 1 aliphatic heterocycles. The van der Waals surface area contributed by atoms with Gasteiger partial charge in [0.2, 0.25) is 0 Å². The SMILES string of the molecule is Cc1nn(C)c(CN2CCS(=O)(=O)CC2C)c1Br. The van der Waals surface area contributed by atoms with E-state index in [9.17, 15) is 8.42 Å². The molecule has 0 radical (unpaired) electrons. The number of rotatable bonds is 2. The summed E-state index contributed by atoms with van der Waals surface area (Å²) < 4.78 is 26.0. The van der Waals surface area contributed by atoms with Crippen LogP contribution in [0.5, 0.6) is 0 Å². The highest BCUT2D eigenvalue weighted by molar-refractivity contribution is 9.10. The predicted octanol–water partition coefficient (Wildman–Crippen LogP) is 1.11. The lowest BCUT2D eigenvalue weighted by Gasteiger charge is -2.33. The number of aromatic nitrogens is 2. The Labute approximate surface area is 116 Å². The fourth-order valence-electron chi connectivity index (χ4n) is 2.31. The summed E-state index contributed by atoms with van der Waals surface area (Å²) in [5, 5.41) is 4.35. The van der Waals surface area contributed by atoms with Crippen LogP contribution in [0.2, 0.25) is 0 Å². The van der Waals surface area contributed by atoms with Crippen molar-refractivity contribution in [3.05, 3.63) is 15.9 Å². The number of sulfone groups is 1. The zero-order valence-electron chi connectivity index (χ0n) is 10.9. The highest BCUT2D eigenvalue weighted by Gasteiger charge is 2.29. The van der Waals surface area contributed by atoms with E-state index in [0.29, 0.717) is 6.54 Å². The van der Waals surface area contributed by atoms with Crippen LogP contribution in [0.15, 0.2) is 4.47 Å². The predicted molar refractivity (Wildman–Crippen MR) is 74.2 cm³/mol. The molecule has 102 valence electrons. The Balaban J connectivity index is 2.15. The van der Waals surface area contributed by atoms with Gasteiger partial charge in [0.05, 0.1) is 27.4 Å². The van der Waals surface area contributed by atoms with E-state index in [1.807, 2.05) is 25.6 Å². The van der Waals surface area contributed by atoms with Gasteiger partial charge in [-0.1, -0.05) is 0 Å². The number of hydrogen-bond donors (Lipinski definition) is 0. The third-order valence-electron chi connectivity index (χ3n) is 3.42. The molecule has 1 aliphatic rings. The molecule has 1 saturated heterocycles. The Kier molecular flexibility index (Phi) is 3.85. The summed E-state index contributed by atoms with van der Waals surface area (Å²) in [6, 6.07) is 0.0610. The molecule has 0 aromatic carbocycles. The molecule has 1 unspecified atom stereocenters. The monoisotopic (exact) mass is 335 g/mol. The van der Waals surface area contributed by atoms with Gasteiger partial charge in [0.25, 0.3) is 0 Å². The van der Waals surface area contributed by atoms with Crippen molar-refractivity contribution >= 4 is 25.8 Å². The minimum Gasteiger partial charge on any atom is -0.293 e. The Hall–Kier alpha value is -0.400. The third-order valence-corrected chi connectivity index (χ3v) is 6.25. The van der Waals surface area contributed by atoms with Gasteiger partial charge in [-0.25, -0.2) is 8.42 Å². The maximum atomic E-state index is 11.5. The smallest absolute Gasteiger partial charge is 0.153 e. The Morgan fingerprint density at radius 2 is 2.17 bits per heavy atom. The first-order valence-corrected chi connectivity index (χ1v) is 8.54. The maximum absolute atomic E-state index is 11.5. The third kappa shape index (κ3) is 2.78. The molecule has 1 aromatic heterocycles. The minimum atomic E-state index is -2.85. The second-order valence-electron chi connectivity index (χ2n) is 4.90. The van der Waals surface area contributed by atoms with Crippen LogP contribution < -0.4 is 0 Å². The fourth-order valence-corrected chi connectivity index (χ4v) is 4.40. The van der Waals surface area contributed by atoms with Crippen molar-refractivity contribution in [3.63, 3.8) is 0 Å². The van der Waals surface area contributed by atoms with Gasteiger partial charge in [0.15, 0.2) is 9.84 Å². The standard InChI is InChI=1S/C11H18BrN3O2S/c1-8-7-18(16,17)5-4-15(8)6-10-11(12)9(2)13-14(10)3/h8H,4-7H2,1-3H3. The first kappa shape index (κ1) is 14.0. The molecule has 5 nitrogen and oxygen atoms in total. The van der Waals surface area contributed by atoms with Crippen LogP contribution in [0.1, 0.15) is 18.3 Å². The lowest BCUT2D eigenvalue weighted by atomic mass is 10.2. The molecular weight excluding hydrogens is 318 g/mol. The van der Waals surface area contributed by atoms with Gasteiger partial charge in [0.1, 0.15) is 0 Å². The van der Waals surface area contributed by atoms with Crippen molar-refractivity contribution in [3.8, 4) is 0 Å². The van der Waals surface area contributed by atoms with Crippen molar-refractivity contribution in [2.45, 2.75) is 26.4 Å². The van der Waals surface area contributed by atoms with Crippen LogP contribution >= 0.6 is 15.9 Å². The molecule has 0 N–H and O–H groups in total. The molecule has 1 aromatic rings. The minimum absolute atomic E-state index is 0.0610. The quantitative estimate of drug-likeness (QED) is 0.812. The second kappa shape index (κ2) is 4.94. The van der Waals surface area contributed by atoms with Crippen molar-refractivity contribution < 1.29 is 8.42 Å². The highest BCUT2D eigenvalue weighted by atomic mass is 79.9. The highest BCUT2D eigenvalue weighted by Crippen LogP contribution is 2.23. The molecule has 0 amide bonds. The van der Waals surface area contributed by atoms with Gasteiger partial charge in [0, 0.05) is 26.2 Å². The van der Waals surface area contributed by atoms with Gasteiger partial charge in [-0.2, -0.15) is 5.10 Å². The van der Waals surface area contributed by atoms with E-state index in [0.717, 1.165) is 22.4 Å². The second-order valence-corrected chi connectivity index (χ2v) is 7.93. The lowest BCUT2D eigenvalue weighted by Crippen LogP contribution is -2.46. The molecule has 1 fully saturated rings. The number of hydrogen-bond acceptors (Lipinski definition) is 4. The van der Waals surface area contributed by atoms with Crippen LogP contribution in [0, 0.1) is 6.92 Å². The Morgan fingerprint density at radius 1 is 1.50 bits per heavy atom. The molecule has 0 spiro atoms. The molecule has 1 atom stereocenters. The summed E-state index contributed by atoms with van der Waals surface area (Å²) in [6.07, 6.45) is 0. The zero-order chi connectivity index (χ0) is 13.5. The van der Waals surface area contributed by atoms with E-state index in [-0.39, 0.29) is 17.5 Å². The molecule has 2 rings (SSSR count). The van der Waals surface area contributed by atoms with Crippen molar-refractivity contribution in [1.29, 1.82) is 0 Å². The van der Waals surface area contributed by atoms with Gasteiger partial charge in [-0.15, -0.1) is 0 Å².